The van der Waals surface area contributed by atoms with E-state index in [-0.39, 0.29) is 6.42 Å². The van der Waals surface area contributed by atoms with E-state index in [9.17, 15) is 22.1 Å². The third kappa shape index (κ3) is 3.05. The van der Waals surface area contributed by atoms with Crippen molar-refractivity contribution in [2.24, 2.45) is 0 Å². The van der Waals surface area contributed by atoms with Crippen molar-refractivity contribution in [1.29, 1.82) is 0 Å². The van der Waals surface area contributed by atoms with E-state index in [2.05, 4.69) is 32.9 Å². The van der Waals surface area contributed by atoms with Crippen LogP contribution in [-0.4, -0.2) is 23.2 Å². The van der Waals surface area contributed by atoms with E-state index in [4.69, 9.17) is 0 Å². The normalized spacial score (nSPS) is 14.4. The maximum Gasteiger partial charge on any atom is 0.385 e. The zero-order chi connectivity index (χ0) is 12.3. The van der Waals surface area contributed by atoms with Gasteiger partial charge in [0.1, 0.15) is 0 Å². The van der Waals surface area contributed by atoms with Crippen molar-refractivity contribution in [1.82, 2.24) is 0 Å². The molecule has 2 nitrogen and oxygen atoms in total. The lowest BCUT2D eigenvalue weighted by atomic mass is 10.3. The molecular weight excluding hydrogens is 270 g/mol. The molecule has 0 aliphatic carbocycles. The summed E-state index contributed by atoms with van der Waals surface area (Å²) in [5, 5.41) is -9.66. The second-order valence-corrected chi connectivity index (χ2v) is 3.49. The Labute approximate surface area is 92.1 Å². The second-order valence-electron chi connectivity index (χ2n) is 2.54. The van der Waals surface area contributed by atoms with E-state index >= 15 is 0 Å². The fraction of sp³-hybridized carbons (Fsp3) is 1.00. The molecule has 0 aliphatic heterocycles. The van der Waals surface area contributed by atoms with Gasteiger partial charge in [0.2, 0.25) is 0 Å². The van der Waals surface area contributed by atoms with Gasteiger partial charge in [-0.15, -0.1) is 4.94 Å². The van der Waals surface area contributed by atoms with Crippen LogP contribution in [0.4, 0.5) is 22.1 Å². The summed E-state index contributed by atoms with van der Waals surface area (Å²) in [6.45, 7) is 0.788. The van der Waals surface area contributed by atoms with Crippen LogP contribution in [0, 0.1) is 0 Å². The van der Waals surface area contributed by atoms with E-state index < -0.39 is 23.2 Å². The highest BCUT2D eigenvalue weighted by molar-refractivity contribution is 6.26. The number of rotatable bonds is 6. The third-order valence-corrected chi connectivity index (χ3v) is 1.86. The van der Waals surface area contributed by atoms with Crippen LogP contribution in [0.2, 0.25) is 0 Å². The predicted octanol–water partition coefficient (Wildman–Crippen LogP) is 3.67. The van der Waals surface area contributed by atoms with Crippen molar-refractivity contribution < 1.29 is 31.8 Å². The summed E-state index contributed by atoms with van der Waals surface area (Å²) in [6.07, 6.45) is 0.0606. The van der Waals surface area contributed by atoms with E-state index in [0.717, 1.165) is 0 Å². The Morgan fingerprint density at radius 1 is 1.07 bits per heavy atom. The lowest BCUT2D eigenvalue weighted by molar-refractivity contribution is -0.436. The molecule has 0 atom stereocenters. The summed E-state index contributed by atoms with van der Waals surface area (Å²) in [5.41, 5.74) is 0. The number of hydrogen-bond acceptors (Lipinski definition) is 2. The van der Waals surface area contributed by atoms with E-state index in [1.54, 1.807) is 0 Å². The first-order chi connectivity index (χ1) is 6.62. The van der Waals surface area contributed by atoms with Crippen LogP contribution in [0.5, 0.6) is 0 Å². The van der Waals surface area contributed by atoms with E-state index in [0.29, 0.717) is 0 Å². The average Bonchev–Trinajstić information content (AvgIpc) is 2.01. The Bertz CT molecular complexity index is 189. The van der Waals surface area contributed by atoms with Gasteiger partial charge in [-0.2, -0.15) is 17.6 Å². The van der Waals surface area contributed by atoms with Crippen LogP contribution >= 0.6 is 23.2 Å². The van der Waals surface area contributed by atoms with Crippen LogP contribution in [0.15, 0.2) is 0 Å². The minimum atomic E-state index is -4.83. The fourth-order valence-corrected chi connectivity index (χ4v) is 1.13. The van der Waals surface area contributed by atoms with Gasteiger partial charge in [-0.05, 0) is 34.1 Å². The Morgan fingerprint density at radius 2 is 1.47 bits per heavy atom. The average molecular weight is 277 g/mol. The topological polar surface area (TPSA) is 18.5 Å². The Balaban J connectivity index is 5.13. The summed E-state index contributed by atoms with van der Waals surface area (Å²) < 4.78 is 66.1. The fourth-order valence-electron chi connectivity index (χ4n) is 0.680. The van der Waals surface area contributed by atoms with Crippen LogP contribution in [0.3, 0.4) is 0 Å². The molecule has 92 valence electrons. The molecule has 9 heteroatoms. The number of ether oxygens (including phenoxy) is 1. The van der Waals surface area contributed by atoms with E-state index in [1.807, 2.05) is 0 Å². The van der Waals surface area contributed by atoms with Gasteiger partial charge in [-0.1, -0.05) is 6.92 Å². The standard InChI is InChI=1S/C6H7Cl2F5O2/c1-2-3-14-4(15-13,5(7,9)10)6(8,11)12/h2-3H2,1H3. The smallest absolute Gasteiger partial charge is 0.336 e. The van der Waals surface area contributed by atoms with Gasteiger partial charge in [0.25, 0.3) is 0 Å². The zero-order valence-corrected chi connectivity index (χ0v) is 8.89. The van der Waals surface area contributed by atoms with Crippen molar-refractivity contribution >= 4 is 23.2 Å². The zero-order valence-electron chi connectivity index (χ0n) is 7.38. The maximum absolute atomic E-state index is 12.6. The van der Waals surface area contributed by atoms with Crippen molar-refractivity contribution in [3.63, 3.8) is 0 Å². The molecule has 0 spiro atoms. The van der Waals surface area contributed by atoms with Gasteiger partial charge in [0, 0.05) is 0 Å². The van der Waals surface area contributed by atoms with Crippen LogP contribution in [0.1, 0.15) is 13.3 Å². The van der Waals surface area contributed by atoms with Crippen LogP contribution < -0.4 is 0 Å². The third-order valence-electron chi connectivity index (χ3n) is 1.36. The SMILES string of the molecule is CCCOC(OF)(C(F)(F)Cl)C(F)(F)Cl. The predicted molar refractivity (Wildman–Crippen MR) is 42.8 cm³/mol. The van der Waals surface area contributed by atoms with Gasteiger partial charge < -0.3 is 4.74 Å². The molecule has 0 N–H and O–H groups in total. The number of hydrogen-bond donors (Lipinski definition) is 0. The Kier molecular flexibility index (Phi) is 5.04. The minimum Gasteiger partial charge on any atom is -0.336 e. The lowest BCUT2D eigenvalue weighted by Gasteiger charge is -2.34. The quantitative estimate of drug-likeness (QED) is 0.419. The van der Waals surface area contributed by atoms with E-state index in [1.165, 1.54) is 6.92 Å². The molecule has 0 aromatic rings. The molecule has 0 unspecified atom stereocenters. The Hall–Kier alpha value is 0.150. The van der Waals surface area contributed by atoms with Crippen molar-refractivity contribution in [2.75, 3.05) is 6.61 Å². The lowest BCUT2D eigenvalue weighted by Crippen LogP contribution is -2.58. The first-order valence-corrected chi connectivity index (χ1v) is 4.45. The molecule has 0 amide bonds. The first kappa shape index (κ1) is 15.2. The van der Waals surface area contributed by atoms with Gasteiger partial charge in [-0.3, -0.25) is 0 Å². The molecule has 0 aromatic carbocycles. The molecular formula is C6H7Cl2F5O2. The molecule has 15 heavy (non-hydrogen) atoms. The van der Waals surface area contributed by atoms with Crippen molar-refractivity contribution in [3.8, 4) is 0 Å². The monoisotopic (exact) mass is 276 g/mol. The summed E-state index contributed by atoms with van der Waals surface area (Å²) in [4.78, 5) is 2.48. The van der Waals surface area contributed by atoms with Crippen molar-refractivity contribution in [3.05, 3.63) is 0 Å². The molecule has 0 fully saturated rings. The largest absolute Gasteiger partial charge is 0.385 e. The first-order valence-electron chi connectivity index (χ1n) is 3.69. The Morgan fingerprint density at radius 3 is 1.67 bits per heavy atom. The van der Waals surface area contributed by atoms with Gasteiger partial charge in [0.15, 0.2) is 0 Å². The number of alkyl halides is 6. The highest BCUT2D eigenvalue weighted by Gasteiger charge is 2.72. The molecule has 0 rings (SSSR count). The molecule has 0 radical (unpaired) electrons. The summed E-state index contributed by atoms with van der Waals surface area (Å²) >= 11 is 8.58. The molecule has 0 aliphatic rings. The van der Waals surface area contributed by atoms with Crippen LogP contribution in [0.25, 0.3) is 0 Å². The van der Waals surface area contributed by atoms with Gasteiger partial charge >= 0.3 is 16.6 Å². The maximum atomic E-state index is 12.6. The molecule has 0 saturated carbocycles. The highest BCUT2D eigenvalue weighted by Crippen LogP contribution is 2.49. The molecule has 0 saturated heterocycles. The molecule has 0 aromatic heterocycles. The highest BCUT2D eigenvalue weighted by atomic mass is 35.5. The number of halogens is 7. The summed E-state index contributed by atoms with van der Waals surface area (Å²) in [6, 6.07) is 0. The van der Waals surface area contributed by atoms with Gasteiger partial charge in [-0.25, -0.2) is 0 Å². The second kappa shape index (κ2) is 4.99. The summed E-state index contributed by atoms with van der Waals surface area (Å²) in [5.74, 6) is -4.33. The molecule has 0 heterocycles. The summed E-state index contributed by atoms with van der Waals surface area (Å²) in [7, 11) is 0. The van der Waals surface area contributed by atoms with Gasteiger partial charge in [0.05, 0.1) is 6.61 Å². The minimum absolute atomic E-state index is 0.0606. The van der Waals surface area contributed by atoms with Crippen LogP contribution in [-0.2, 0) is 9.68 Å². The van der Waals surface area contributed by atoms with Crippen molar-refractivity contribution in [2.45, 2.75) is 29.9 Å². The molecule has 0 bridgehead atoms.